The zero-order chi connectivity index (χ0) is 35.9. The Labute approximate surface area is 298 Å². The summed E-state index contributed by atoms with van der Waals surface area (Å²) in [5.74, 6) is 0.838. The van der Waals surface area contributed by atoms with Crippen molar-refractivity contribution < 1.29 is 37.9 Å². The molecule has 0 amide bonds. The normalized spacial score (nSPS) is 31.0. The number of methoxy groups -OCH3 is 3. The summed E-state index contributed by atoms with van der Waals surface area (Å²) in [6.07, 6.45) is 2.22. The minimum Gasteiger partial charge on any atom is -0.497 e. The Kier molecular flexibility index (Phi) is 9.82. The van der Waals surface area contributed by atoms with E-state index in [4.69, 9.17) is 32.8 Å². The first-order valence-electron chi connectivity index (χ1n) is 17.6. The van der Waals surface area contributed by atoms with E-state index < -0.39 is 47.3 Å². The molecule has 10 heteroatoms. The van der Waals surface area contributed by atoms with Gasteiger partial charge in [0.15, 0.2) is 12.6 Å². The number of pyridine rings is 1. The lowest BCUT2D eigenvalue weighted by molar-refractivity contribution is -0.291. The number of nitrogens with zero attached hydrogens (tertiary/aromatic N) is 1. The largest absolute Gasteiger partial charge is 0.497 e. The van der Waals surface area contributed by atoms with Crippen LogP contribution < -0.4 is 15.1 Å². The van der Waals surface area contributed by atoms with Crippen LogP contribution in [-0.2, 0) is 18.9 Å². The second-order valence-electron chi connectivity index (χ2n) is 14.5. The average molecular weight is 698 g/mol. The maximum Gasteiger partial charge on any atom is 0.345 e. The van der Waals surface area contributed by atoms with Gasteiger partial charge in [0, 0.05) is 55.3 Å². The zero-order valence-electron chi connectivity index (χ0n) is 30.0. The molecule has 10 atom stereocenters. The highest BCUT2D eigenvalue weighted by atomic mass is 16.7. The van der Waals surface area contributed by atoms with Gasteiger partial charge in [0.1, 0.15) is 34.5 Å². The van der Waals surface area contributed by atoms with Gasteiger partial charge in [-0.15, -0.1) is 0 Å². The van der Waals surface area contributed by atoms with Crippen molar-refractivity contribution in [3.63, 3.8) is 0 Å². The smallest absolute Gasteiger partial charge is 0.345 e. The molecule has 3 aliphatic rings. The molecule has 7 rings (SSSR count). The average Bonchev–Trinajstić information content (AvgIpc) is 3.14. The molecule has 51 heavy (non-hydrogen) atoms. The van der Waals surface area contributed by atoms with Crippen molar-refractivity contribution in [3.8, 4) is 22.8 Å². The Morgan fingerprint density at radius 2 is 1.63 bits per heavy atom. The van der Waals surface area contributed by atoms with Crippen LogP contribution in [0.25, 0.3) is 11.3 Å². The maximum absolute atomic E-state index is 13.7. The van der Waals surface area contributed by atoms with E-state index in [0.717, 1.165) is 29.7 Å². The lowest BCUT2D eigenvalue weighted by Crippen LogP contribution is -2.69. The van der Waals surface area contributed by atoms with Crippen molar-refractivity contribution in [3.05, 3.63) is 112 Å². The van der Waals surface area contributed by atoms with Crippen LogP contribution in [-0.4, -0.2) is 49.2 Å². The van der Waals surface area contributed by atoms with Gasteiger partial charge in [0.05, 0.1) is 19.3 Å². The second-order valence-corrected chi connectivity index (χ2v) is 14.5. The van der Waals surface area contributed by atoms with E-state index in [1.807, 2.05) is 67.6 Å². The Hall–Kier alpha value is -4.06. The van der Waals surface area contributed by atoms with Crippen molar-refractivity contribution >= 4 is 0 Å². The third-order valence-corrected chi connectivity index (χ3v) is 11.8. The summed E-state index contributed by atoms with van der Waals surface area (Å²) < 4.78 is 43.6. The van der Waals surface area contributed by atoms with Gasteiger partial charge in [-0.05, 0) is 67.7 Å². The molecule has 1 N–H and O–H groups in total. The predicted octanol–water partition coefficient (Wildman–Crippen LogP) is 7.43. The lowest BCUT2D eigenvalue weighted by Gasteiger charge is -2.64. The van der Waals surface area contributed by atoms with Crippen molar-refractivity contribution in [1.29, 1.82) is 0 Å². The summed E-state index contributed by atoms with van der Waals surface area (Å²) in [4.78, 5) is 17.9. The third kappa shape index (κ3) is 6.27. The quantitative estimate of drug-likeness (QED) is 0.168. The Morgan fingerprint density at radius 3 is 2.29 bits per heavy atom. The van der Waals surface area contributed by atoms with E-state index in [9.17, 15) is 9.90 Å². The van der Waals surface area contributed by atoms with Crippen molar-refractivity contribution in [2.45, 2.75) is 76.5 Å². The molecule has 2 fully saturated rings. The van der Waals surface area contributed by atoms with E-state index >= 15 is 0 Å². The van der Waals surface area contributed by atoms with Crippen LogP contribution in [0.15, 0.2) is 94.4 Å². The van der Waals surface area contributed by atoms with Gasteiger partial charge in [-0.2, -0.15) is 0 Å². The minimum absolute atomic E-state index is 0.0162. The first-order chi connectivity index (χ1) is 24.6. The lowest BCUT2D eigenvalue weighted by atomic mass is 9.46. The Morgan fingerprint density at radius 1 is 0.922 bits per heavy atom. The monoisotopic (exact) mass is 697 g/mol. The highest BCUT2D eigenvalue weighted by molar-refractivity contribution is 5.59. The molecule has 0 radical (unpaired) electrons. The molecule has 10 unspecified atom stereocenters. The molecule has 2 aromatic carbocycles. The molecule has 2 aliphatic carbocycles. The van der Waals surface area contributed by atoms with Gasteiger partial charge < -0.3 is 37.9 Å². The van der Waals surface area contributed by atoms with Crippen LogP contribution in [0.3, 0.4) is 0 Å². The summed E-state index contributed by atoms with van der Waals surface area (Å²) >= 11 is 0. The van der Waals surface area contributed by atoms with Gasteiger partial charge in [0.25, 0.3) is 0 Å². The molecule has 270 valence electrons. The van der Waals surface area contributed by atoms with Gasteiger partial charge in [-0.1, -0.05) is 56.3 Å². The molecule has 0 spiro atoms. The van der Waals surface area contributed by atoms with Crippen LogP contribution in [0, 0.1) is 23.2 Å². The van der Waals surface area contributed by atoms with Crippen molar-refractivity contribution in [2.24, 2.45) is 23.2 Å². The predicted molar refractivity (Wildman–Crippen MR) is 189 cm³/mol. The number of hydrogen-bond donors (Lipinski definition) is 1. The van der Waals surface area contributed by atoms with Gasteiger partial charge >= 0.3 is 5.63 Å². The van der Waals surface area contributed by atoms with Crippen LogP contribution in [0.5, 0.6) is 11.5 Å². The minimum atomic E-state index is -1.18. The number of benzene rings is 2. The third-order valence-electron chi connectivity index (χ3n) is 11.8. The highest BCUT2D eigenvalue weighted by Gasteiger charge is 2.67. The Bertz CT molecular complexity index is 1850. The van der Waals surface area contributed by atoms with E-state index in [-0.39, 0.29) is 29.3 Å². The number of hydrogen-bond acceptors (Lipinski definition) is 10. The van der Waals surface area contributed by atoms with Crippen molar-refractivity contribution in [1.82, 2.24) is 4.98 Å². The fraction of sp³-hybridized carbons (Fsp3) is 0.463. The number of aliphatic hydroxyl groups excluding tert-OH is 1. The summed E-state index contributed by atoms with van der Waals surface area (Å²) in [5.41, 5.74) is 0.358. The molecule has 0 saturated heterocycles. The standard InChI is InChI=1S/C41H47NO9/c1-24-29-21-33(50-39(47-6)26-14-16-28(45-4)17-15-26)41(3)36(40(29,2)19-18-30(24)49-38(46-5)25-11-8-7-9-12-25)35(43)34-32(51-41)22-31(48-37(34)44)27-13-10-20-42-23-27/h7-17,20,22-24,29-30,33,35-36,38-39,43H,18-19,21H2,1-6H3. The fourth-order valence-electron chi connectivity index (χ4n) is 9.24. The summed E-state index contributed by atoms with van der Waals surface area (Å²) in [5, 5.41) is 12.4. The van der Waals surface area contributed by atoms with E-state index in [2.05, 4.69) is 18.8 Å². The van der Waals surface area contributed by atoms with Crippen LogP contribution in [0.1, 0.15) is 75.4 Å². The number of ether oxygens (including phenoxy) is 6. The van der Waals surface area contributed by atoms with E-state index in [1.165, 1.54) is 0 Å². The van der Waals surface area contributed by atoms with Crippen LogP contribution in [0.4, 0.5) is 0 Å². The second kappa shape index (κ2) is 14.2. The van der Waals surface area contributed by atoms with Crippen molar-refractivity contribution in [2.75, 3.05) is 21.3 Å². The number of aromatic nitrogens is 1. The Balaban J connectivity index is 1.29. The first-order valence-corrected chi connectivity index (χ1v) is 17.6. The molecule has 0 bridgehead atoms. The number of fused-ring (bicyclic) bond motifs is 4. The molecule has 10 nitrogen and oxygen atoms in total. The van der Waals surface area contributed by atoms with E-state index in [1.54, 1.807) is 45.9 Å². The van der Waals surface area contributed by atoms with E-state index in [0.29, 0.717) is 17.7 Å². The maximum atomic E-state index is 13.7. The molecule has 4 aromatic rings. The molecule has 2 saturated carbocycles. The van der Waals surface area contributed by atoms with Crippen LogP contribution in [0.2, 0.25) is 0 Å². The summed E-state index contributed by atoms with van der Waals surface area (Å²) in [6.45, 7) is 6.42. The molecular weight excluding hydrogens is 650 g/mol. The van der Waals surface area contributed by atoms with Gasteiger partial charge in [-0.3, -0.25) is 4.98 Å². The molecule has 1 aliphatic heterocycles. The SMILES string of the molecule is COc1ccc(C(OC)OC2CC3C(C)C(OC(OC)c4ccccc4)CCC3(C)C3C(O)c4c(cc(-c5cccnc5)oc4=O)OC23C)cc1. The zero-order valence-corrected chi connectivity index (χ0v) is 30.0. The molecular formula is C41H47NO9. The fourth-order valence-corrected chi connectivity index (χ4v) is 9.24. The van der Waals surface area contributed by atoms with Gasteiger partial charge in [-0.25, -0.2) is 4.79 Å². The van der Waals surface area contributed by atoms with Gasteiger partial charge in [0.2, 0.25) is 0 Å². The molecule has 3 heterocycles. The molecule has 2 aromatic heterocycles. The topological polar surface area (TPSA) is 119 Å². The number of aliphatic hydroxyl groups is 1. The first kappa shape index (κ1) is 35.3. The summed E-state index contributed by atoms with van der Waals surface area (Å²) in [6, 6.07) is 22.8. The van der Waals surface area contributed by atoms with Crippen LogP contribution >= 0.6 is 0 Å². The summed E-state index contributed by atoms with van der Waals surface area (Å²) in [7, 11) is 4.90. The highest BCUT2D eigenvalue weighted by Crippen LogP contribution is 2.65. The number of rotatable bonds is 10.